The number of hydrogen-bond donors (Lipinski definition) is 1. The van der Waals surface area contributed by atoms with Crippen molar-refractivity contribution in [3.8, 4) is 0 Å². The summed E-state index contributed by atoms with van der Waals surface area (Å²) in [5.41, 5.74) is 1.02. The molecule has 0 saturated carbocycles. The molecule has 4 heteroatoms. The van der Waals surface area contributed by atoms with Crippen molar-refractivity contribution in [2.75, 3.05) is 18.0 Å². The molecule has 1 atom stereocenters. The summed E-state index contributed by atoms with van der Waals surface area (Å²) >= 11 is 0. The van der Waals surface area contributed by atoms with Crippen molar-refractivity contribution in [2.24, 2.45) is 0 Å². The van der Waals surface area contributed by atoms with E-state index in [9.17, 15) is 0 Å². The number of aromatic nitrogens is 2. The third-order valence-corrected chi connectivity index (χ3v) is 3.60. The number of nitrogens with zero attached hydrogens (tertiary/aromatic N) is 3. The second-order valence-electron chi connectivity index (χ2n) is 5.04. The molecule has 1 fully saturated rings. The molecule has 1 aromatic heterocycles. The van der Waals surface area contributed by atoms with Crippen LogP contribution >= 0.6 is 0 Å². The van der Waals surface area contributed by atoms with E-state index in [2.05, 4.69) is 34.0 Å². The van der Waals surface area contributed by atoms with Gasteiger partial charge in [0.05, 0.1) is 18.1 Å². The van der Waals surface area contributed by atoms with Gasteiger partial charge in [0, 0.05) is 19.1 Å². The van der Waals surface area contributed by atoms with Crippen LogP contribution in [-0.2, 0) is 6.54 Å². The Morgan fingerprint density at radius 3 is 2.89 bits per heavy atom. The Morgan fingerprint density at radius 1 is 1.28 bits per heavy atom. The third kappa shape index (κ3) is 3.42. The van der Waals surface area contributed by atoms with Crippen molar-refractivity contribution in [1.29, 1.82) is 0 Å². The molecule has 0 aliphatic carbocycles. The Bertz CT molecular complexity index is 349. The molecular weight excluding hydrogens is 224 g/mol. The average molecular weight is 248 g/mol. The Hall–Kier alpha value is -1.16. The summed E-state index contributed by atoms with van der Waals surface area (Å²) < 4.78 is 0. The maximum absolute atomic E-state index is 4.57. The van der Waals surface area contributed by atoms with Gasteiger partial charge in [-0.25, -0.2) is 4.98 Å². The van der Waals surface area contributed by atoms with Crippen molar-refractivity contribution in [3.05, 3.63) is 18.1 Å². The summed E-state index contributed by atoms with van der Waals surface area (Å²) in [4.78, 5) is 11.5. The van der Waals surface area contributed by atoms with E-state index in [4.69, 9.17) is 0 Å². The lowest BCUT2D eigenvalue weighted by Gasteiger charge is -2.27. The minimum absolute atomic E-state index is 0.585. The molecular formula is C14H24N4. The van der Waals surface area contributed by atoms with Gasteiger partial charge in [-0.15, -0.1) is 0 Å². The van der Waals surface area contributed by atoms with Crippen LogP contribution in [0.2, 0.25) is 0 Å². The molecule has 0 bridgehead atoms. The van der Waals surface area contributed by atoms with Gasteiger partial charge in [-0.3, -0.25) is 4.98 Å². The first-order chi connectivity index (χ1) is 8.81. The highest BCUT2D eigenvalue weighted by Gasteiger charge is 2.18. The molecule has 1 unspecified atom stereocenters. The van der Waals surface area contributed by atoms with E-state index in [1.807, 2.05) is 12.4 Å². The number of hydrogen-bond acceptors (Lipinski definition) is 4. The molecule has 2 rings (SSSR count). The van der Waals surface area contributed by atoms with E-state index < -0.39 is 0 Å². The quantitative estimate of drug-likeness (QED) is 0.888. The van der Waals surface area contributed by atoms with Crippen molar-refractivity contribution < 1.29 is 0 Å². The van der Waals surface area contributed by atoms with Crippen molar-refractivity contribution >= 4 is 5.82 Å². The first-order valence-corrected chi connectivity index (χ1v) is 7.09. The smallest absolute Gasteiger partial charge is 0.147 e. The summed E-state index contributed by atoms with van der Waals surface area (Å²) in [6.45, 7) is 7.27. The lowest BCUT2D eigenvalue weighted by Crippen LogP contribution is -2.33. The van der Waals surface area contributed by atoms with Gasteiger partial charge < -0.3 is 10.2 Å². The van der Waals surface area contributed by atoms with Crippen LogP contribution < -0.4 is 10.2 Å². The molecule has 0 amide bonds. The van der Waals surface area contributed by atoms with Gasteiger partial charge in [0.1, 0.15) is 5.82 Å². The van der Waals surface area contributed by atoms with Crippen LogP contribution in [0.4, 0.5) is 5.82 Å². The molecule has 1 aromatic rings. The zero-order chi connectivity index (χ0) is 12.8. The summed E-state index contributed by atoms with van der Waals surface area (Å²) in [6, 6.07) is 0.585. The van der Waals surface area contributed by atoms with Crippen LogP contribution in [0, 0.1) is 0 Å². The lowest BCUT2D eigenvalue weighted by molar-refractivity contribution is 0.609. The monoisotopic (exact) mass is 248 g/mol. The molecule has 2 heterocycles. The van der Waals surface area contributed by atoms with Crippen LogP contribution in [0.5, 0.6) is 0 Å². The topological polar surface area (TPSA) is 41.1 Å². The first-order valence-electron chi connectivity index (χ1n) is 7.09. The second kappa shape index (κ2) is 6.69. The van der Waals surface area contributed by atoms with Gasteiger partial charge >= 0.3 is 0 Å². The summed E-state index contributed by atoms with van der Waals surface area (Å²) in [5.74, 6) is 1.03. The largest absolute Gasteiger partial charge is 0.353 e. The molecule has 1 aliphatic rings. The lowest BCUT2D eigenvalue weighted by atomic mass is 10.1. The molecule has 1 saturated heterocycles. The van der Waals surface area contributed by atoms with E-state index in [1.54, 1.807) is 0 Å². The zero-order valence-corrected chi connectivity index (χ0v) is 11.5. The molecule has 4 nitrogen and oxygen atoms in total. The zero-order valence-electron chi connectivity index (χ0n) is 11.5. The maximum Gasteiger partial charge on any atom is 0.147 e. The van der Waals surface area contributed by atoms with Gasteiger partial charge in [-0.05, 0) is 26.3 Å². The first kappa shape index (κ1) is 13.3. The average Bonchev–Trinajstić information content (AvgIpc) is 2.62. The molecule has 1 N–H and O–H groups in total. The summed E-state index contributed by atoms with van der Waals surface area (Å²) in [7, 11) is 0. The molecule has 18 heavy (non-hydrogen) atoms. The fourth-order valence-electron chi connectivity index (χ4n) is 2.46. The molecule has 100 valence electrons. The van der Waals surface area contributed by atoms with E-state index in [0.717, 1.165) is 31.1 Å². The summed E-state index contributed by atoms with van der Waals surface area (Å²) in [6.07, 6.45) is 9.03. The number of nitrogens with one attached hydrogen (secondary N) is 1. The molecule has 0 aromatic carbocycles. The third-order valence-electron chi connectivity index (χ3n) is 3.60. The molecule has 1 aliphatic heterocycles. The number of anilines is 1. The summed E-state index contributed by atoms with van der Waals surface area (Å²) in [5, 5.41) is 3.27. The highest BCUT2D eigenvalue weighted by atomic mass is 15.2. The van der Waals surface area contributed by atoms with Crippen LogP contribution in [0.3, 0.4) is 0 Å². The van der Waals surface area contributed by atoms with Crippen LogP contribution in [0.1, 0.15) is 45.2 Å². The predicted molar refractivity (Wildman–Crippen MR) is 74.7 cm³/mol. The van der Waals surface area contributed by atoms with Gasteiger partial charge in [-0.1, -0.05) is 19.8 Å². The minimum Gasteiger partial charge on any atom is -0.353 e. The standard InChI is InChI=1S/C14H24N4/c1-3-15-9-13-10-17-14(11-16-13)18-8-6-4-5-7-12(18)2/h10-12,15H,3-9H2,1-2H3. The highest BCUT2D eigenvalue weighted by Crippen LogP contribution is 2.21. The van der Waals surface area contributed by atoms with Crippen LogP contribution in [0.15, 0.2) is 12.4 Å². The number of rotatable bonds is 4. The second-order valence-corrected chi connectivity index (χ2v) is 5.04. The van der Waals surface area contributed by atoms with Crippen molar-refractivity contribution in [2.45, 2.75) is 52.1 Å². The van der Waals surface area contributed by atoms with Gasteiger partial charge in [0.15, 0.2) is 0 Å². The van der Waals surface area contributed by atoms with Crippen molar-refractivity contribution in [1.82, 2.24) is 15.3 Å². The van der Waals surface area contributed by atoms with E-state index in [0.29, 0.717) is 6.04 Å². The fraction of sp³-hybridized carbons (Fsp3) is 0.714. The van der Waals surface area contributed by atoms with Gasteiger partial charge in [0.25, 0.3) is 0 Å². The minimum atomic E-state index is 0.585. The fourth-order valence-corrected chi connectivity index (χ4v) is 2.46. The Morgan fingerprint density at radius 2 is 2.17 bits per heavy atom. The molecule has 0 radical (unpaired) electrons. The highest BCUT2D eigenvalue weighted by molar-refractivity contribution is 5.37. The SMILES string of the molecule is CCNCc1cnc(N2CCCCCC2C)cn1. The normalized spacial score (nSPS) is 20.8. The Kier molecular flexibility index (Phi) is 4.93. The maximum atomic E-state index is 4.57. The van der Waals surface area contributed by atoms with E-state index >= 15 is 0 Å². The Balaban J connectivity index is 2.03. The van der Waals surface area contributed by atoms with Crippen molar-refractivity contribution in [3.63, 3.8) is 0 Å². The molecule has 0 spiro atoms. The van der Waals surface area contributed by atoms with E-state index in [1.165, 1.54) is 25.7 Å². The Labute approximate surface area is 110 Å². The van der Waals surface area contributed by atoms with Crippen LogP contribution in [0.25, 0.3) is 0 Å². The van der Waals surface area contributed by atoms with Crippen LogP contribution in [-0.4, -0.2) is 29.1 Å². The predicted octanol–water partition coefficient (Wildman–Crippen LogP) is 2.36. The van der Waals surface area contributed by atoms with Gasteiger partial charge in [0.2, 0.25) is 0 Å². The van der Waals surface area contributed by atoms with E-state index in [-0.39, 0.29) is 0 Å². The van der Waals surface area contributed by atoms with Gasteiger partial charge in [-0.2, -0.15) is 0 Å².